The predicted octanol–water partition coefficient (Wildman–Crippen LogP) is -2.48. The zero-order valence-electron chi connectivity index (χ0n) is 6.40. The first kappa shape index (κ1) is 9.33. The van der Waals surface area contributed by atoms with Crippen LogP contribution in [0.25, 0.3) is 0 Å². The molecule has 0 bridgehead atoms. The van der Waals surface area contributed by atoms with Crippen molar-refractivity contribution in [2.24, 2.45) is 0 Å². The molecule has 0 saturated heterocycles. The first-order valence-corrected chi connectivity index (χ1v) is 2.96. The van der Waals surface area contributed by atoms with Crippen LogP contribution in [0, 0.1) is 0 Å². The van der Waals surface area contributed by atoms with Crippen molar-refractivity contribution < 1.29 is 13.9 Å². The Kier molecular flexibility index (Phi) is 3.92. The monoisotopic (exact) mass is 140 g/mol. The minimum atomic E-state index is -1.05. The molecule has 0 aromatic rings. The van der Waals surface area contributed by atoms with Crippen LogP contribution in [0.15, 0.2) is 10.8 Å². The molecule has 0 amide bonds. The van der Waals surface area contributed by atoms with E-state index in [-0.39, 0.29) is 0 Å². The fourth-order valence-corrected chi connectivity index (χ4v) is 0.362. The van der Waals surface area contributed by atoms with Crippen molar-refractivity contribution >= 4 is 29.5 Å². The maximum atomic E-state index is 11.4. The van der Waals surface area contributed by atoms with E-state index >= 15 is 0 Å². The van der Waals surface area contributed by atoms with Gasteiger partial charge in [0, 0.05) is 0 Å². The van der Waals surface area contributed by atoms with Crippen molar-refractivity contribution in [3.63, 3.8) is 0 Å². The molecule has 0 aliphatic rings. The molecule has 0 rings (SSSR count). The van der Waals surface area contributed by atoms with Gasteiger partial charge in [0.05, 0.1) is 0 Å². The van der Waals surface area contributed by atoms with Crippen molar-refractivity contribution in [1.82, 2.24) is 0 Å². The third-order valence-corrected chi connectivity index (χ3v) is 1.24. The molecule has 0 N–H and O–H groups in total. The van der Waals surface area contributed by atoms with Gasteiger partial charge in [-0.2, -0.15) is 0 Å². The van der Waals surface area contributed by atoms with Crippen molar-refractivity contribution in [2.45, 2.75) is 0 Å². The summed E-state index contributed by atoms with van der Waals surface area (Å²) in [5.74, 6) is -0.581. The lowest BCUT2D eigenvalue weighted by atomic mass is 9.69. The van der Waals surface area contributed by atoms with E-state index in [2.05, 4.69) is 4.74 Å². The maximum absolute atomic E-state index is 11.4. The first-order valence-electron chi connectivity index (χ1n) is 2.96. The Labute approximate surface area is 62.0 Å². The highest BCUT2D eigenvalue weighted by Gasteiger charge is 2.04. The molecule has 0 aromatic heterocycles. The van der Waals surface area contributed by atoms with Crippen LogP contribution < -0.4 is 0 Å². The largest absolute Gasteiger partial charge is 0.431 e. The molecule has 0 aliphatic carbocycles. The molecule has 0 fully saturated rings. The summed E-state index contributed by atoms with van der Waals surface area (Å²) < 4.78 is 15.5. The van der Waals surface area contributed by atoms with E-state index in [1.165, 1.54) is 0 Å². The molecule has 0 spiro atoms. The summed E-state index contributed by atoms with van der Waals surface area (Å²) in [6.07, 6.45) is 0. The van der Waals surface area contributed by atoms with E-state index in [9.17, 15) is 9.18 Å². The van der Waals surface area contributed by atoms with Crippen molar-refractivity contribution in [3.8, 4) is 0 Å². The number of alkyl halides is 1. The maximum Gasteiger partial charge on any atom is 0.324 e. The Morgan fingerprint density at radius 1 is 1.40 bits per heavy atom. The van der Waals surface area contributed by atoms with Crippen LogP contribution in [0.2, 0.25) is 0 Å². The number of carbonyl (C=O) groups is 1. The summed E-state index contributed by atoms with van der Waals surface area (Å²) in [7, 11) is 5.15. The molecule has 0 radical (unpaired) electrons. The summed E-state index contributed by atoms with van der Waals surface area (Å²) in [5, 5.41) is 0.846. The minimum absolute atomic E-state index is 0.470. The van der Waals surface area contributed by atoms with Crippen LogP contribution in [-0.2, 0) is 9.53 Å². The average molecular weight is 140 g/mol. The Morgan fingerprint density at radius 3 is 2.20 bits per heavy atom. The Bertz CT molecular complexity index is 164. The van der Waals surface area contributed by atoms with Gasteiger partial charge in [-0.3, -0.25) is 0 Å². The van der Waals surface area contributed by atoms with E-state index in [0.717, 1.165) is 5.37 Å². The van der Waals surface area contributed by atoms with Crippen LogP contribution in [0.1, 0.15) is 0 Å². The second-order valence-corrected chi connectivity index (χ2v) is 2.17. The zero-order chi connectivity index (χ0) is 8.15. The normalized spacial score (nSPS) is 8.50. The molecule has 0 atom stereocenters. The van der Waals surface area contributed by atoms with E-state index in [0.29, 0.717) is 5.47 Å². The second kappa shape index (κ2) is 4.20. The third-order valence-electron chi connectivity index (χ3n) is 1.24. The van der Waals surface area contributed by atoms with Crippen LogP contribution in [0.4, 0.5) is 4.39 Å². The summed E-state index contributed by atoms with van der Waals surface area (Å²) in [5.41, 5.74) is 0.470. The van der Waals surface area contributed by atoms with E-state index in [4.69, 9.17) is 0 Å². The standard InChI is InChI=1S/C4H8B3FO2/c5-2(3(6)7)4(9)10-1-8/h1,5-7H2. The summed E-state index contributed by atoms with van der Waals surface area (Å²) in [6, 6.07) is 0. The minimum Gasteiger partial charge on any atom is -0.431 e. The van der Waals surface area contributed by atoms with Gasteiger partial charge in [-0.25, -0.2) is 9.18 Å². The quantitative estimate of drug-likeness (QED) is 0.241. The Morgan fingerprint density at radius 2 is 1.90 bits per heavy atom. The van der Waals surface area contributed by atoms with E-state index in [1.807, 2.05) is 0 Å². The number of hydrogen-bond acceptors (Lipinski definition) is 2. The van der Waals surface area contributed by atoms with Gasteiger partial charge in [-0.15, -0.1) is 5.37 Å². The molecule has 2 nitrogen and oxygen atoms in total. The highest BCUT2D eigenvalue weighted by molar-refractivity contribution is 6.55. The van der Waals surface area contributed by atoms with Crippen LogP contribution in [0.5, 0.6) is 0 Å². The van der Waals surface area contributed by atoms with Gasteiger partial charge in [0.2, 0.25) is 6.86 Å². The van der Waals surface area contributed by atoms with Crippen LogP contribution >= 0.6 is 0 Å². The number of ether oxygens (including phenoxy) is 1. The van der Waals surface area contributed by atoms with Gasteiger partial charge in [0.1, 0.15) is 23.5 Å². The van der Waals surface area contributed by atoms with Crippen molar-refractivity contribution in [1.29, 1.82) is 0 Å². The molecule has 52 valence electrons. The highest BCUT2D eigenvalue weighted by atomic mass is 19.1. The van der Waals surface area contributed by atoms with Crippen LogP contribution in [-0.4, -0.2) is 36.4 Å². The second-order valence-electron chi connectivity index (χ2n) is 2.17. The number of carbonyl (C=O) groups excluding carboxylic acids is 1. The van der Waals surface area contributed by atoms with E-state index < -0.39 is 12.8 Å². The van der Waals surface area contributed by atoms with Gasteiger partial charge in [-0.05, 0) is 5.47 Å². The fraction of sp³-hybridized carbons (Fsp3) is 0.250. The van der Waals surface area contributed by atoms with Crippen molar-refractivity contribution in [2.75, 3.05) is 6.86 Å². The van der Waals surface area contributed by atoms with Crippen molar-refractivity contribution in [3.05, 3.63) is 10.8 Å². The third kappa shape index (κ3) is 2.76. The topological polar surface area (TPSA) is 26.3 Å². The summed E-state index contributed by atoms with van der Waals surface area (Å²) >= 11 is 0. The number of rotatable bonds is 2. The number of halogens is 1. The van der Waals surface area contributed by atoms with E-state index in [1.54, 1.807) is 23.5 Å². The Hall–Kier alpha value is -0.665. The van der Waals surface area contributed by atoms with Crippen LogP contribution in [0.3, 0.4) is 0 Å². The van der Waals surface area contributed by atoms with Gasteiger partial charge in [0.25, 0.3) is 0 Å². The molecule has 0 saturated carbocycles. The molecule has 6 heteroatoms. The lowest BCUT2D eigenvalue weighted by Gasteiger charge is -2.00. The number of esters is 1. The predicted molar refractivity (Wildman–Crippen MR) is 44.7 cm³/mol. The molecule has 0 heterocycles. The number of hydrogen-bond donors (Lipinski definition) is 0. The Balaban J connectivity index is 4.09. The first-order chi connectivity index (χ1) is 4.59. The average Bonchev–Trinajstić information content (AvgIpc) is 1.87. The van der Waals surface area contributed by atoms with Gasteiger partial charge in [-0.1, -0.05) is 0 Å². The molecular weight excluding hydrogens is 131 g/mol. The summed E-state index contributed by atoms with van der Waals surface area (Å²) in [4.78, 5) is 10.7. The smallest absolute Gasteiger partial charge is 0.324 e. The molecule has 10 heavy (non-hydrogen) atoms. The molecule has 0 aliphatic heterocycles. The van der Waals surface area contributed by atoms with Gasteiger partial charge < -0.3 is 4.74 Å². The zero-order valence-corrected chi connectivity index (χ0v) is 6.40. The highest BCUT2D eigenvalue weighted by Crippen LogP contribution is 1.95. The van der Waals surface area contributed by atoms with Gasteiger partial charge >= 0.3 is 5.97 Å². The molecule has 0 aromatic carbocycles. The van der Waals surface area contributed by atoms with Gasteiger partial charge in [0.15, 0.2) is 0 Å². The fourth-order valence-electron chi connectivity index (χ4n) is 0.362. The molecule has 0 unspecified atom stereocenters. The summed E-state index contributed by atoms with van der Waals surface area (Å²) in [6.45, 7) is -1.05. The SMILES string of the molecule is BC(B)=C(B)C(=O)OCF. The lowest BCUT2D eigenvalue weighted by molar-refractivity contribution is -0.142. The lowest BCUT2D eigenvalue weighted by Crippen LogP contribution is -2.10. The molecular formula is C4H8B3FO2.